The normalized spacial score (nSPS) is 6.00. The highest BCUT2D eigenvalue weighted by atomic mass is 16.5. The van der Waals surface area contributed by atoms with E-state index in [2.05, 4.69) is 9.47 Å². The van der Waals surface area contributed by atoms with Gasteiger partial charge in [0.25, 0.3) is 0 Å². The molecule has 0 saturated carbocycles. The molecule has 0 aromatic heterocycles. The molecule has 0 aliphatic rings. The van der Waals surface area contributed by atoms with E-state index in [1.165, 1.54) is 0 Å². The zero-order valence-electron chi connectivity index (χ0n) is 4.82. The van der Waals surface area contributed by atoms with Crippen LogP contribution in [0.4, 0.5) is 0 Å². The number of hydrogen-bond donors (Lipinski definition) is 0. The number of ether oxygens (including phenoxy) is 2. The van der Waals surface area contributed by atoms with Crippen molar-refractivity contribution in [2.45, 2.75) is 0 Å². The summed E-state index contributed by atoms with van der Waals surface area (Å²) in [4.78, 5) is 0. The minimum atomic E-state index is 1.62. The second-order valence-corrected chi connectivity index (χ2v) is 0.816. The summed E-state index contributed by atoms with van der Waals surface area (Å²) in [6.07, 6.45) is 0. The molecule has 0 saturated heterocycles. The smallest absolute Gasteiger partial charge is 0.0351 e. The maximum absolute atomic E-state index is 4.25. The topological polar surface area (TPSA) is 18.5 Å². The fourth-order valence-corrected chi connectivity index (χ4v) is 0. The van der Waals surface area contributed by atoms with Gasteiger partial charge in [0.2, 0.25) is 0 Å². The fraction of sp³-hybridized carbons (Fsp3) is 1.00. The molecule has 0 unspecified atom stereocenters. The maximum atomic E-state index is 4.25. The van der Waals surface area contributed by atoms with Gasteiger partial charge in [0, 0.05) is 28.4 Å². The average molecular weight is 92.1 g/mol. The molecule has 0 bridgehead atoms. The van der Waals surface area contributed by atoms with Gasteiger partial charge in [-0.1, -0.05) is 0 Å². The zero-order valence-corrected chi connectivity index (χ0v) is 4.82. The molecule has 0 aliphatic heterocycles. The lowest BCUT2D eigenvalue weighted by Gasteiger charge is -1.61. The first-order valence-electron chi connectivity index (χ1n) is 1.63. The third-order valence-corrected chi connectivity index (χ3v) is 0. The molecule has 0 heterocycles. The fourth-order valence-electron chi connectivity index (χ4n) is 0. The van der Waals surface area contributed by atoms with Crippen LogP contribution in [-0.4, -0.2) is 28.4 Å². The summed E-state index contributed by atoms with van der Waals surface area (Å²) in [5, 5.41) is 0. The molecule has 0 atom stereocenters. The lowest BCUT2D eigenvalue weighted by molar-refractivity contribution is 0.277. The molecule has 0 rings (SSSR count). The Kier molecular flexibility index (Phi) is 31.9. The largest absolute Gasteiger partial charge is 0.388 e. The van der Waals surface area contributed by atoms with Gasteiger partial charge in [-0.05, 0) is 0 Å². The summed E-state index contributed by atoms with van der Waals surface area (Å²) < 4.78 is 8.50. The van der Waals surface area contributed by atoms with Crippen LogP contribution < -0.4 is 0 Å². The Morgan fingerprint density at radius 3 is 0.667 bits per heavy atom. The molecule has 40 valence electrons. The lowest BCUT2D eigenvalue weighted by atomic mass is 11.6. The Hall–Kier alpha value is -0.0800. The van der Waals surface area contributed by atoms with E-state index in [0.717, 1.165) is 0 Å². The quantitative estimate of drug-likeness (QED) is 0.434. The van der Waals surface area contributed by atoms with Crippen molar-refractivity contribution >= 4 is 0 Å². The van der Waals surface area contributed by atoms with Crippen LogP contribution in [0.3, 0.4) is 0 Å². The molecule has 2 heteroatoms. The van der Waals surface area contributed by atoms with Gasteiger partial charge in [0.1, 0.15) is 0 Å². The molecule has 0 spiro atoms. The highest BCUT2D eigenvalue weighted by molar-refractivity contribution is 3.56. The molecule has 6 heavy (non-hydrogen) atoms. The SMILES string of the molecule is COC.COC. The first kappa shape index (κ1) is 9.33. The van der Waals surface area contributed by atoms with Crippen molar-refractivity contribution in [1.29, 1.82) is 0 Å². The predicted molar refractivity (Wildman–Crippen MR) is 25.9 cm³/mol. The summed E-state index contributed by atoms with van der Waals surface area (Å²) in [7, 11) is 6.50. The highest BCUT2D eigenvalue weighted by Gasteiger charge is 1.26. The first-order valence-corrected chi connectivity index (χ1v) is 1.63. The van der Waals surface area contributed by atoms with Gasteiger partial charge in [-0.3, -0.25) is 0 Å². The van der Waals surface area contributed by atoms with E-state index in [1.54, 1.807) is 28.4 Å². The standard InChI is InChI=1S/2C2H6O/c2*1-3-2/h2*1-2H3. The van der Waals surface area contributed by atoms with E-state index in [9.17, 15) is 0 Å². The first-order chi connectivity index (χ1) is 2.83. The van der Waals surface area contributed by atoms with E-state index in [-0.39, 0.29) is 0 Å². The van der Waals surface area contributed by atoms with Gasteiger partial charge >= 0.3 is 0 Å². The molecular weight excluding hydrogens is 80.0 g/mol. The average Bonchev–Trinajstić information content (AvgIpc) is 1.39. The minimum Gasteiger partial charge on any atom is -0.388 e. The van der Waals surface area contributed by atoms with Gasteiger partial charge in [-0.25, -0.2) is 0 Å². The number of hydrogen-bond acceptors (Lipinski definition) is 2. The van der Waals surface area contributed by atoms with Gasteiger partial charge in [0.05, 0.1) is 0 Å². The van der Waals surface area contributed by atoms with E-state index in [0.29, 0.717) is 0 Å². The van der Waals surface area contributed by atoms with Crippen LogP contribution in [0.2, 0.25) is 0 Å². The monoisotopic (exact) mass is 92.1 g/mol. The molecule has 0 aromatic carbocycles. The molecule has 0 fully saturated rings. The van der Waals surface area contributed by atoms with Gasteiger partial charge in [-0.15, -0.1) is 0 Å². The lowest BCUT2D eigenvalue weighted by Crippen LogP contribution is -1.55. The highest BCUT2D eigenvalue weighted by Crippen LogP contribution is 1.28. The molecule has 0 aromatic rings. The van der Waals surface area contributed by atoms with Crippen LogP contribution in [0.5, 0.6) is 0 Å². The van der Waals surface area contributed by atoms with Crippen molar-refractivity contribution in [3.63, 3.8) is 0 Å². The maximum Gasteiger partial charge on any atom is 0.0351 e. The summed E-state index contributed by atoms with van der Waals surface area (Å²) >= 11 is 0. The Labute approximate surface area is 39.1 Å². The Bertz CT molecular complexity index is 7.51. The Morgan fingerprint density at radius 2 is 0.667 bits per heavy atom. The van der Waals surface area contributed by atoms with Gasteiger partial charge in [-0.2, -0.15) is 0 Å². The van der Waals surface area contributed by atoms with Crippen molar-refractivity contribution < 1.29 is 9.47 Å². The van der Waals surface area contributed by atoms with Gasteiger partial charge in [0.15, 0.2) is 0 Å². The summed E-state index contributed by atoms with van der Waals surface area (Å²) in [5.74, 6) is 0. The number of methoxy groups -OCH3 is 2. The molecule has 0 radical (unpaired) electrons. The van der Waals surface area contributed by atoms with E-state index in [1.807, 2.05) is 0 Å². The second kappa shape index (κ2) is 20.5. The van der Waals surface area contributed by atoms with Crippen LogP contribution in [0.25, 0.3) is 0 Å². The van der Waals surface area contributed by atoms with Crippen LogP contribution in [0.15, 0.2) is 0 Å². The van der Waals surface area contributed by atoms with Crippen LogP contribution in [0, 0.1) is 0 Å². The third-order valence-electron chi connectivity index (χ3n) is 0. The van der Waals surface area contributed by atoms with Crippen LogP contribution >= 0.6 is 0 Å². The van der Waals surface area contributed by atoms with Gasteiger partial charge < -0.3 is 9.47 Å². The third kappa shape index (κ3) is 5220. The van der Waals surface area contributed by atoms with Crippen molar-refractivity contribution in [3.05, 3.63) is 0 Å². The molecule has 0 N–H and O–H groups in total. The van der Waals surface area contributed by atoms with E-state index >= 15 is 0 Å². The van der Waals surface area contributed by atoms with Crippen LogP contribution in [0.1, 0.15) is 0 Å². The van der Waals surface area contributed by atoms with Crippen molar-refractivity contribution in [2.75, 3.05) is 28.4 Å². The Morgan fingerprint density at radius 1 is 0.667 bits per heavy atom. The van der Waals surface area contributed by atoms with E-state index < -0.39 is 0 Å². The number of rotatable bonds is 0. The summed E-state index contributed by atoms with van der Waals surface area (Å²) in [5.41, 5.74) is 0. The van der Waals surface area contributed by atoms with Crippen LogP contribution in [-0.2, 0) is 9.47 Å². The molecule has 0 amide bonds. The minimum absolute atomic E-state index is 1.62. The second-order valence-electron chi connectivity index (χ2n) is 0.816. The van der Waals surface area contributed by atoms with E-state index in [4.69, 9.17) is 0 Å². The summed E-state index contributed by atoms with van der Waals surface area (Å²) in [6, 6.07) is 0. The van der Waals surface area contributed by atoms with Crippen molar-refractivity contribution in [3.8, 4) is 0 Å². The Balaban J connectivity index is 0. The summed E-state index contributed by atoms with van der Waals surface area (Å²) in [6.45, 7) is 0. The predicted octanol–water partition coefficient (Wildman–Crippen LogP) is 0.525. The molecular formula is C4H12O2. The molecule has 0 aliphatic carbocycles. The molecule has 2 nitrogen and oxygen atoms in total. The van der Waals surface area contributed by atoms with Crippen molar-refractivity contribution in [1.82, 2.24) is 0 Å². The van der Waals surface area contributed by atoms with Crippen molar-refractivity contribution in [2.24, 2.45) is 0 Å². The zero-order chi connectivity index (χ0) is 5.41.